The van der Waals surface area contributed by atoms with E-state index in [1.165, 1.54) is 30.4 Å². The van der Waals surface area contributed by atoms with Crippen LogP contribution in [0.25, 0.3) is 22.0 Å². The Morgan fingerprint density at radius 3 is 2.54 bits per heavy atom. The van der Waals surface area contributed by atoms with Crippen LogP contribution in [0.4, 0.5) is 4.39 Å². The van der Waals surface area contributed by atoms with Crippen molar-refractivity contribution in [3.05, 3.63) is 47.0 Å². The largest absolute Gasteiger partial charge is 0.348 e. The average Bonchev–Trinajstić information content (AvgIpc) is 3.28. The highest BCUT2D eigenvalue weighted by atomic mass is 32.1. The lowest BCUT2D eigenvalue weighted by molar-refractivity contribution is -0.118. The molecule has 0 aliphatic carbocycles. The Morgan fingerprint density at radius 1 is 1.25 bits per heavy atom. The van der Waals surface area contributed by atoms with Crippen LogP contribution < -0.4 is 11.1 Å². The SMILES string of the molecule is CC(=O)C(N)c1nc(C(=O)NC(C)C)c(-c2cnc(-c3ccc(F)cc3)[nH]2)s1. The predicted octanol–water partition coefficient (Wildman–Crippen LogP) is 3.07. The smallest absolute Gasteiger partial charge is 0.271 e. The van der Waals surface area contributed by atoms with E-state index in [1.807, 2.05) is 13.8 Å². The number of aromatic nitrogens is 3. The predicted molar refractivity (Wildman–Crippen MR) is 105 cm³/mol. The Bertz CT molecular complexity index is 1010. The number of hydrogen-bond acceptors (Lipinski definition) is 6. The fourth-order valence-electron chi connectivity index (χ4n) is 2.50. The fourth-order valence-corrected chi connectivity index (χ4v) is 3.59. The van der Waals surface area contributed by atoms with E-state index in [-0.39, 0.29) is 29.2 Å². The van der Waals surface area contributed by atoms with Gasteiger partial charge in [0.15, 0.2) is 5.78 Å². The zero-order valence-corrected chi connectivity index (χ0v) is 16.4. The van der Waals surface area contributed by atoms with Crippen LogP contribution >= 0.6 is 11.3 Å². The van der Waals surface area contributed by atoms with Crippen LogP contribution in [0.2, 0.25) is 0 Å². The van der Waals surface area contributed by atoms with Gasteiger partial charge >= 0.3 is 0 Å². The molecule has 3 aromatic rings. The molecule has 0 fully saturated rings. The monoisotopic (exact) mass is 401 g/mol. The van der Waals surface area contributed by atoms with E-state index < -0.39 is 6.04 Å². The number of ketones is 1. The van der Waals surface area contributed by atoms with Gasteiger partial charge in [-0.3, -0.25) is 9.59 Å². The second-order valence-electron chi connectivity index (χ2n) is 6.60. The number of hydrogen-bond donors (Lipinski definition) is 3. The van der Waals surface area contributed by atoms with Gasteiger partial charge in [0.05, 0.1) is 16.8 Å². The summed E-state index contributed by atoms with van der Waals surface area (Å²) < 4.78 is 13.1. The molecule has 1 amide bonds. The second-order valence-corrected chi connectivity index (χ2v) is 7.63. The van der Waals surface area contributed by atoms with E-state index in [0.717, 1.165) is 0 Å². The molecule has 0 radical (unpaired) electrons. The van der Waals surface area contributed by atoms with Gasteiger partial charge in [0.2, 0.25) is 0 Å². The molecule has 28 heavy (non-hydrogen) atoms. The molecule has 1 unspecified atom stereocenters. The molecular weight excluding hydrogens is 381 g/mol. The van der Waals surface area contributed by atoms with E-state index in [0.29, 0.717) is 27.0 Å². The molecule has 0 aliphatic heterocycles. The molecule has 146 valence electrons. The number of carbonyl (C=O) groups is 2. The van der Waals surface area contributed by atoms with Gasteiger partial charge < -0.3 is 16.0 Å². The van der Waals surface area contributed by atoms with Crippen molar-refractivity contribution < 1.29 is 14.0 Å². The zero-order valence-electron chi connectivity index (χ0n) is 15.6. The number of nitrogens with two attached hydrogens (primary N) is 1. The first-order valence-electron chi connectivity index (χ1n) is 8.65. The van der Waals surface area contributed by atoms with Crippen LogP contribution in [-0.4, -0.2) is 32.7 Å². The minimum atomic E-state index is -0.899. The minimum absolute atomic E-state index is 0.0801. The summed E-state index contributed by atoms with van der Waals surface area (Å²) in [5.41, 5.74) is 7.36. The number of carbonyl (C=O) groups excluding carboxylic acids is 2. The number of benzene rings is 1. The molecule has 2 aromatic heterocycles. The van der Waals surface area contributed by atoms with Crippen molar-refractivity contribution in [1.29, 1.82) is 0 Å². The van der Waals surface area contributed by atoms with Crippen LogP contribution in [0.1, 0.15) is 42.3 Å². The number of thiazole rings is 1. The van der Waals surface area contributed by atoms with Crippen molar-refractivity contribution in [2.45, 2.75) is 32.9 Å². The van der Waals surface area contributed by atoms with Crippen LogP contribution in [0.5, 0.6) is 0 Å². The number of nitrogens with zero attached hydrogens (tertiary/aromatic N) is 2. The zero-order chi connectivity index (χ0) is 20.4. The first-order valence-corrected chi connectivity index (χ1v) is 9.47. The molecule has 4 N–H and O–H groups in total. The number of halogens is 1. The summed E-state index contributed by atoms with van der Waals surface area (Å²) in [6.45, 7) is 5.06. The van der Waals surface area contributed by atoms with Crippen LogP contribution in [0.3, 0.4) is 0 Å². The summed E-state index contributed by atoms with van der Waals surface area (Å²) in [6, 6.07) is 4.92. The lowest BCUT2D eigenvalue weighted by Crippen LogP contribution is -2.31. The molecule has 9 heteroatoms. The van der Waals surface area contributed by atoms with E-state index >= 15 is 0 Å². The molecule has 1 aromatic carbocycles. The van der Waals surface area contributed by atoms with Gasteiger partial charge in [-0.2, -0.15) is 0 Å². The number of nitrogens with one attached hydrogen (secondary N) is 2. The number of rotatable bonds is 6. The van der Waals surface area contributed by atoms with Gasteiger partial charge in [0, 0.05) is 11.6 Å². The van der Waals surface area contributed by atoms with Crippen molar-refractivity contribution in [2.24, 2.45) is 5.73 Å². The molecule has 0 bridgehead atoms. The summed E-state index contributed by atoms with van der Waals surface area (Å²) in [5, 5.41) is 3.15. The number of Topliss-reactive ketones (excluding diaryl/α,β-unsaturated/α-hetero) is 1. The van der Waals surface area contributed by atoms with Crippen molar-refractivity contribution in [1.82, 2.24) is 20.3 Å². The molecule has 0 aliphatic rings. The highest BCUT2D eigenvalue weighted by molar-refractivity contribution is 7.15. The maximum absolute atomic E-state index is 13.1. The molecule has 0 spiro atoms. The Hall–Kier alpha value is -2.91. The molecule has 0 saturated carbocycles. The van der Waals surface area contributed by atoms with Gasteiger partial charge in [0.25, 0.3) is 5.91 Å². The molecule has 2 heterocycles. The summed E-state index contributed by atoms with van der Waals surface area (Å²) in [7, 11) is 0. The van der Waals surface area contributed by atoms with Crippen molar-refractivity contribution >= 4 is 23.0 Å². The number of amides is 1. The van der Waals surface area contributed by atoms with Crippen molar-refractivity contribution in [2.75, 3.05) is 0 Å². The molecule has 7 nitrogen and oxygen atoms in total. The second kappa shape index (κ2) is 7.99. The van der Waals surface area contributed by atoms with E-state index in [4.69, 9.17) is 5.73 Å². The lowest BCUT2D eigenvalue weighted by atomic mass is 10.2. The summed E-state index contributed by atoms with van der Waals surface area (Å²) in [6.07, 6.45) is 1.57. The third-order valence-corrected chi connectivity index (χ3v) is 5.09. The van der Waals surface area contributed by atoms with Gasteiger partial charge in [-0.1, -0.05) is 0 Å². The lowest BCUT2D eigenvalue weighted by Gasteiger charge is -2.07. The Labute approximate surface area is 165 Å². The highest BCUT2D eigenvalue weighted by Crippen LogP contribution is 2.33. The minimum Gasteiger partial charge on any atom is -0.348 e. The third kappa shape index (κ3) is 4.15. The van der Waals surface area contributed by atoms with E-state index in [2.05, 4.69) is 20.3 Å². The topological polar surface area (TPSA) is 114 Å². The number of imidazole rings is 1. The number of aromatic amines is 1. The van der Waals surface area contributed by atoms with Crippen LogP contribution in [-0.2, 0) is 4.79 Å². The quantitative estimate of drug-likeness (QED) is 0.587. The maximum Gasteiger partial charge on any atom is 0.271 e. The normalized spacial score (nSPS) is 12.2. The van der Waals surface area contributed by atoms with Gasteiger partial charge in [-0.25, -0.2) is 14.4 Å². The van der Waals surface area contributed by atoms with Gasteiger partial charge in [0.1, 0.15) is 28.4 Å². The van der Waals surface area contributed by atoms with Crippen molar-refractivity contribution in [3.63, 3.8) is 0 Å². The summed E-state index contributed by atoms with van der Waals surface area (Å²) >= 11 is 1.17. The van der Waals surface area contributed by atoms with E-state index in [1.54, 1.807) is 18.3 Å². The van der Waals surface area contributed by atoms with Gasteiger partial charge in [-0.15, -0.1) is 11.3 Å². The first kappa shape index (κ1) is 19.8. The Balaban J connectivity index is 2.03. The van der Waals surface area contributed by atoms with E-state index in [9.17, 15) is 14.0 Å². The summed E-state index contributed by atoms with van der Waals surface area (Å²) in [5.74, 6) is -0.418. The molecule has 1 atom stereocenters. The standard InChI is InChI=1S/C19H20FN5O2S/c1-9(2)23-18(27)15-16(28-19(25-15)14(21)10(3)26)13-8-22-17(24-13)11-4-6-12(20)7-5-11/h4-9,14H,21H2,1-3H3,(H,22,24)(H,23,27). The van der Waals surface area contributed by atoms with Crippen LogP contribution in [0, 0.1) is 5.82 Å². The third-order valence-electron chi connectivity index (χ3n) is 3.92. The molecule has 0 saturated heterocycles. The maximum atomic E-state index is 13.1. The Morgan fingerprint density at radius 2 is 1.93 bits per heavy atom. The molecule has 3 rings (SSSR count). The Kier molecular flexibility index (Phi) is 5.66. The van der Waals surface area contributed by atoms with Gasteiger partial charge in [-0.05, 0) is 45.0 Å². The first-order chi connectivity index (χ1) is 13.3. The average molecular weight is 401 g/mol. The summed E-state index contributed by atoms with van der Waals surface area (Å²) in [4.78, 5) is 36.5. The number of H-pyrrole nitrogens is 1. The van der Waals surface area contributed by atoms with Crippen molar-refractivity contribution in [3.8, 4) is 22.0 Å². The fraction of sp³-hybridized carbons (Fsp3) is 0.263. The molecular formula is C19H20FN5O2S. The highest BCUT2D eigenvalue weighted by Gasteiger charge is 2.25. The van der Waals surface area contributed by atoms with Crippen LogP contribution in [0.15, 0.2) is 30.5 Å².